The standard InChI is InChI=1S/C30H34N4O6/c1-29(2,3)40-28(37)34-16-25(38-18-30(17-34)11-12-30)26(35)32-22(15-31)13-19-5-7-20(8-6-19)21-9-10-24-23(14-21)33(4)27(36)39-24/h5-10,14,22,25H,11-13,16-18H2,1-4H3,(H,32,35)/t22-,25-/m0/s1. The van der Waals surface area contributed by atoms with E-state index in [2.05, 4.69) is 11.4 Å². The second-order valence-electron chi connectivity index (χ2n) is 11.9. The van der Waals surface area contributed by atoms with Crippen LogP contribution in [0.1, 0.15) is 39.2 Å². The third-order valence-corrected chi connectivity index (χ3v) is 7.40. The predicted molar refractivity (Wildman–Crippen MR) is 147 cm³/mol. The molecule has 1 aliphatic heterocycles. The van der Waals surface area contributed by atoms with E-state index in [9.17, 15) is 19.6 Å². The van der Waals surface area contributed by atoms with Crippen LogP contribution in [0.2, 0.25) is 0 Å². The maximum atomic E-state index is 13.2. The van der Waals surface area contributed by atoms with Crippen molar-refractivity contribution in [2.24, 2.45) is 12.5 Å². The Kier molecular flexibility index (Phi) is 7.19. The van der Waals surface area contributed by atoms with Gasteiger partial charge in [-0.3, -0.25) is 9.36 Å². The number of hydrogen-bond donors (Lipinski definition) is 1. The van der Waals surface area contributed by atoms with Crippen LogP contribution in [0, 0.1) is 16.7 Å². The fourth-order valence-electron chi connectivity index (χ4n) is 4.92. The van der Waals surface area contributed by atoms with Gasteiger partial charge in [-0.1, -0.05) is 30.3 Å². The Morgan fingerprint density at radius 1 is 1.18 bits per heavy atom. The molecule has 10 nitrogen and oxygen atoms in total. The van der Waals surface area contributed by atoms with Crippen molar-refractivity contribution in [1.82, 2.24) is 14.8 Å². The van der Waals surface area contributed by atoms with Crippen LogP contribution in [-0.2, 0) is 27.7 Å². The summed E-state index contributed by atoms with van der Waals surface area (Å²) in [6.45, 7) is 6.37. The molecule has 2 heterocycles. The van der Waals surface area contributed by atoms with Gasteiger partial charge in [0.15, 0.2) is 11.7 Å². The number of nitrogens with zero attached hydrogens (tertiary/aromatic N) is 3. The fourth-order valence-corrected chi connectivity index (χ4v) is 4.92. The zero-order chi connectivity index (χ0) is 28.7. The van der Waals surface area contributed by atoms with E-state index in [0.717, 1.165) is 29.5 Å². The Bertz CT molecular complexity index is 1520. The summed E-state index contributed by atoms with van der Waals surface area (Å²) in [5, 5.41) is 12.6. The van der Waals surface area contributed by atoms with Crippen LogP contribution in [0.25, 0.3) is 22.2 Å². The molecule has 2 aromatic carbocycles. The third kappa shape index (κ3) is 6.05. The fraction of sp³-hybridized carbons (Fsp3) is 0.467. The first-order valence-electron chi connectivity index (χ1n) is 13.4. The molecule has 1 aromatic heterocycles. The number of carbonyl (C=O) groups is 2. The Labute approximate surface area is 232 Å². The third-order valence-electron chi connectivity index (χ3n) is 7.40. The lowest BCUT2D eigenvalue weighted by atomic mass is 10.0. The number of ether oxygens (including phenoxy) is 2. The highest BCUT2D eigenvalue weighted by molar-refractivity contribution is 5.83. The van der Waals surface area contributed by atoms with Crippen LogP contribution in [-0.4, -0.2) is 58.9 Å². The Morgan fingerprint density at radius 2 is 1.88 bits per heavy atom. The molecule has 1 aliphatic carbocycles. The minimum absolute atomic E-state index is 0.0714. The lowest BCUT2D eigenvalue weighted by Crippen LogP contribution is -2.48. The molecule has 0 unspecified atom stereocenters. The summed E-state index contributed by atoms with van der Waals surface area (Å²) < 4.78 is 18.2. The molecule has 2 atom stereocenters. The van der Waals surface area contributed by atoms with Crippen molar-refractivity contribution < 1.29 is 23.5 Å². The second-order valence-corrected chi connectivity index (χ2v) is 11.9. The molecule has 0 radical (unpaired) electrons. The van der Waals surface area contributed by atoms with E-state index in [1.807, 2.05) is 57.2 Å². The molecule has 2 amide bonds. The van der Waals surface area contributed by atoms with Crippen molar-refractivity contribution >= 4 is 23.1 Å². The van der Waals surface area contributed by atoms with Crippen LogP contribution in [0.3, 0.4) is 0 Å². The van der Waals surface area contributed by atoms with Gasteiger partial charge in [-0.15, -0.1) is 0 Å². The van der Waals surface area contributed by atoms with Gasteiger partial charge in [-0.25, -0.2) is 9.59 Å². The zero-order valence-electron chi connectivity index (χ0n) is 23.2. The molecule has 40 heavy (non-hydrogen) atoms. The minimum Gasteiger partial charge on any atom is -0.444 e. The lowest BCUT2D eigenvalue weighted by Gasteiger charge is -2.28. The van der Waals surface area contributed by atoms with Crippen LogP contribution < -0.4 is 11.1 Å². The van der Waals surface area contributed by atoms with Gasteiger partial charge >= 0.3 is 11.8 Å². The summed E-state index contributed by atoms with van der Waals surface area (Å²) in [6, 6.07) is 14.6. The van der Waals surface area contributed by atoms with Crippen LogP contribution >= 0.6 is 0 Å². The van der Waals surface area contributed by atoms with Gasteiger partial charge in [0.05, 0.1) is 24.7 Å². The van der Waals surface area contributed by atoms with Gasteiger partial charge in [0.2, 0.25) is 0 Å². The van der Waals surface area contributed by atoms with E-state index in [4.69, 9.17) is 13.9 Å². The van der Waals surface area contributed by atoms with Crippen LogP contribution in [0.15, 0.2) is 51.7 Å². The van der Waals surface area contributed by atoms with E-state index in [1.54, 1.807) is 18.0 Å². The highest BCUT2D eigenvalue weighted by Crippen LogP contribution is 2.48. The molecular formula is C30H34N4O6. The summed E-state index contributed by atoms with van der Waals surface area (Å²) in [5.41, 5.74) is 3.21. The SMILES string of the molecule is Cn1c(=O)oc2ccc(-c3ccc(C[C@@H](C#N)NC(=O)[C@@H]4CN(C(=O)OC(C)(C)C)CC5(CC5)CO4)cc3)cc21. The molecule has 0 bridgehead atoms. The molecule has 210 valence electrons. The quantitative estimate of drug-likeness (QED) is 0.516. The molecule has 3 aromatic rings. The molecule has 1 saturated heterocycles. The van der Waals surface area contributed by atoms with Gasteiger partial charge in [0.1, 0.15) is 11.6 Å². The maximum absolute atomic E-state index is 13.2. The number of aromatic nitrogens is 1. The highest BCUT2D eigenvalue weighted by Gasteiger charge is 2.49. The predicted octanol–water partition coefficient (Wildman–Crippen LogP) is 3.77. The first kappa shape index (κ1) is 27.5. The number of oxazole rings is 1. The van der Waals surface area contributed by atoms with E-state index in [0.29, 0.717) is 30.7 Å². The van der Waals surface area contributed by atoms with E-state index < -0.39 is 35.5 Å². The smallest absolute Gasteiger partial charge is 0.419 e. The first-order chi connectivity index (χ1) is 18.9. The van der Waals surface area contributed by atoms with Crippen molar-refractivity contribution in [2.75, 3.05) is 19.7 Å². The van der Waals surface area contributed by atoms with E-state index in [1.165, 1.54) is 4.57 Å². The molecule has 2 fully saturated rings. The molecule has 5 rings (SSSR count). The number of nitrogens with one attached hydrogen (secondary N) is 1. The summed E-state index contributed by atoms with van der Waals surface area (Å²) in [7, 11) is 1.66. The average Bonchev–Trinajstić information content (AvgIpc) is 3.66. The zero-order valence-corrected chi connectivity index (χ0v) is 23.2. The van der Waals surface area contributed by atoms with Gasteiger partial charge < -0.3 is 24.1 Å². The van der Waals surface area contributed by atoms with Crippen LogP contribution in [0.5, 0.6) is 0 Å². The highest BCUT2D eigenvalue weighted by atomic mass is 16.6. The van der Waals surface area contributed by atoms with Crippen molar-refractivity contribution in [3.63, 3.8) is 0 Å². The lowest BCUT2D eigenvalue weighted by molar-refractivity contribution is -0.133. The van der Waals surface area contributed by atoms with Crippen LogP contribution in [0.4, 0.5) is 4.79 Å². The van der Waals surface area contributed by atoms with Gasteiger partial charge in [-0.2, -0.15) is 5.26 Å². The number of aryl methyl sites for hydroxylation is 1. The Balaban J connectivity index is 1.23. The molecular weight excluding hydrogens is 512 g/mol. The topological polar surface area (TPSA) is 127 Å². The number of nitriles is 1. The summed E-state index contributed by atoms with van der Waals surface area (Å²) in [5.74, 6) is -0.834. The van der Waals surface area contributed by atoms with Crippen molar-refractivity contribution in [3.8, 4) is 17.2 Å². The number of hydrogen-bond acceptors (Lipinski definition) is 7. The van der Waals surface area contributed by atoms with Crippen molar-refractivity contribution in [3.05, 3.63) is 58.6 Å². The van der Waals surface area contributed by atoms with Gasteiger partial charge in [-0.05, 0) is 62.4 Å². The maximum Gasteiger partial charge on any atom is 0.419 e. The molecule has 2 aliphatic rings. The molecule has 1 saturated carbocycles. The number of amides is 2. The van der Waals surface area contributed by atoms with Gasteiger partial charge in [0, 0.05) is 25.4 Å². The van der Waals surface area contributed by atoms with E-state index >= 15 is 0 Å². The summed E-state index contributed by atoms with van der Waals surface area (Å²) in [6.07, 6.45) is 0.828. The summed E-state index contributed by atoms with van der Waals surface area (Å²) in [4.78, 5) is 39.4. The van der Waals surface area contributed by atoms with Crippen molar-refractivity contribution in [2.45, 2.75) is 57.8 Å². The average molecular weight is 547 g/mol. The minimum atomic E-state index is -0.889. The Morgan fingerprint density at radius 3 is 2.52 bits per heavy atom. The first-order valence-corrected chi connectivity index (χ1v) is 13.4. The van der Waals surface area contributed by atoms with Gasteiger partial charge in [0.25, 0.3) is 5.91 Å². The largest absolute Gasteiger partial charge is 0.444 e. The van der Waals surface area contributed by atoms with Crippen molar-refractivity contribution in [1.29, 1.82) is 5.26 Å². The normalized spacial score (nSPS) is 19.1. The number of fused-ring (bicyclic) bond motifs is 1. The number of benzene rings is 2. The molecule has 1 N–H and O–H groups in total. The Hall–Kier alpha value is -4.10. The number of rotatable bonds is 5. The van der Waals surface area contributed by atoms with E-state index in [-0.39, 0.29) is 12.0 Å². The monoisotopic (exact) mass is 546 g/mol. The second kappa shape index (κ2) is 10.5. The number of carbonyl (C=O) groups excluding carboxylic acids is 2. The summed E-state index contributed by atoms with van der Waals surface area (Å²) >= 11 is 0. The molecule has 10 heteroatoms. The molecule has 1 spiro atoms.